The normalized spacial score (nSPS) is 20.9. The third kappa shape index (κ3) is 2.94. The number of piperidine rings is 1. The Labute approximate surface area is 103 Å². The predicted octanol–water partition coefficient (Wildman–Crippen LogP) is 1.79. The SMILES string of the molecule is CNC1CCCN(c2cc(C(C)C)ncn2)C1. The van der Waals surface area contributed by atoms with E-state index in [4.69, 9.17) is 0 Å². The molecule has 4 nitrogen and oxygen atoms in total. The molecule has 2 rings (SSSR count). The molecule has 1 aromatic heterocycles. The zero-order chi connectivity index (χ0) is 12.3. The van der Waals surface area contributed by atoms with Crippen LogP contribution in [0, 0.1) is 0 Å². The number of hydrogen-bond acceptors (Lipinski definition) is 4. The van der Waals surface area contributed by atoms with Crippen molar-refractivity contribution in [2.75, 3.05) is 25.0 Å². The van der Waals surface area contributed by atoms with Gasteiger partial charge in [-0.2, -0.15) is 0 Å². The second kappa shape index (κ2) is 5.45. The number of rotatable bonds is 3. The van der Waals surface area contributed by atoms with Crippen molar-refractivity contribution < 1.29 is 0 Å². The fraction of sp³-hybridized carbons (Fsp3) is 0.692. The van der Waals surface area contributed by atoms with Gasteiger partial charge >= 0.3 is 0 Å². The van der Waals surface area contributed by atoms with Gasteiger partial charge in [0.2, 0.25) is 0 Å². The Morgan fingerprint density at radius 2 is 2.24 bits per heavy atom. The molecule has 1 atom stereocenters. The Hall–Kier alpha value is -1.16. The van der Waals surface area contributed by atoms with Crippen molar-refractivity contribution in [2.24, 2.45) is 0 Å². The van der Waals surface area contributed by atoms with Crippen LogP contribution in [-0.4, -0.2) is 36.1 Å². The average molecular weight is 234 g/mol. The van der Waals surface area contributed by atoms with Crippen molar-refractivity contribution in [3.8, 4) is 0 Å². The number of anilines is 1. The smallest absolute Gasteiger partial charge is 0.132 e. The lowest BCUT2D eigenvalue weighted by Crippen LogP contribution is -2.44. The minimum absolute atomic E-state index is 0.460. The fourth-order valence-electron chi connectivity index (χ4n) is 2.27. The molecular weight excluding hydrogens is 212 g/mol. The molecule has 94 valence electrons. The van der Waals surface area contributed by atoms with Gasteiger partial charge in [0, 0.05) is 30.9 Å². The largest absolute Gasteiger partial charge is 0.355 e. The maximum absolute atomic E-state index is 4.40. The number of likely N-dealkylation sites (N-methyl/N-ethyl adjacent to an activating group) is 1. The summed E-state index contributed by atoms with van der Waals surface area (Å²) in [5.41, 5.74) is 1.13. The first kappa shape index (κ1) is 12.3. The maximum Gasteiger partial charge on any atom is 0.132 e. The Kier molecular flexibility index (Phi) is 3.94. The van der Waals surface area contributed by atoms with Gasteiger partial charge in [-0.05, 0) is 25.8 Å². The standard InChI is InChI=1S/C13H22N4/c1-10(2)12-7-13(16-9-15-12)17-6-4-5-11(8-17)14-3/h7,9-11,14H,4-6,8H2,1-3H3. The highest BCUT2D eigenvalue weighted by molar-refractivity contribution is 5.40. The molecule has 2 heterocycles. The summed E-state index contributed by atoms with van der Waals surface area (Å²) in [6, 6.07) is 2.71. The van der Waals surface area contributed by atoms with Gasteiger partial charge in [-0.25, -0.2) is 9.97 Å². The van der Waals surface area contributed by atoms with E-state index in [9.17, 15) is 0 Å². The zero-order valence-electron chi connectivity index (χ0n) is 11.0. The Bertz CT molecular complexity index is 364. The number of nitrogens with one attached hydrogen (secondary N) is 1. The maximum atomic E-state index is 4.40. The lowest BCUT2D eigenvalue weighted by molar-refractivity contribution is 0.447. The highest BCUT2D eigenvalue weighted by Crippen LogP contribution is 2.20. The van der Waals surface area contributed by atoms with Crippen LogP contribution in [0.2, 0.25) is 0 Å². The monoisotopic (exact) mass is 234 g/mol. The molecule has 0 radical (unpaired) electrons. The van der Waals surface area contributed by atoms with Crippen LogP contribution < -0.4 is 10.2 Å². The molecule has 0 spiro atoms. The summed E-state index contributed by atoms with van der Waals surface area (Å²) in [4.78, 5) is 11.1. The summed E-state index contributed by atoms with van der Waals surface area (Å²) in [6.07, 6.45) is 4.18. The molecule has 1 aliphatic heterocycles. The van der Waals surface area contributed by atoms with Gasteiger partial charge in [0.15, 0.2) is 0 Å². The van der Waals surface area contributed by atoms with E-state index in [1.165, 1.54) is 12.8 Å². The third-order valence-electron chi connectivity index (χ3n) is 3.42. The van der Waals surface area contributed by atoms with Crippen molar-refractivity contribution >= 4 is 5.82 Å². The van der Waals surface area contributed by atoms with E-state index in [2.05, 4.69) is 40.1 Å². The van der Waals surface area contributed by atoms with E-state index in [1.807, 2.05) is 7.05 Å². The quantitative estimate of drug-likeness (QED) is 0.865. The number of nitrogens with zero attached hydrogens (tertiary/aromatic N) is 3. The van der Waals surface area contributed by atoms with Crippen LogP contribution in [0.5, 0.6) is 0 Å². The van der Waals surface area contributed by atoms with Crippen LogP contribution in [0.25, 0.3) is 0 Å². The predicted molar refractivity (Wildman–Crippen MR) is 70.4 cm³/mol. The van der Waals surface area contributed by atoms with Crippen molar-refractivity contribution in [1.82, 2.24) is 15.3 Å². The molecule has 0 bridgehead atoms. The van der Waals surface area contributed by atoms with Gasteiger partial charge in [-0.1, -0.05) is 13.8 Å². The van der Waals surface area contributed by atoms with E-state index in [0.29, 0.717) is 12.0 Å². The van der Waals surface area contributed by atoms with Crippen molar-refractivity contribution in [1.29, 1.82) is 0 Å². The summed E-state index contributed by atoms with van der Waals surface area (Å²) in [6.45, 7) is 6.48. The van der Waals surface area contributed by atoms with Crippen LogP contribution >= 0.6 is 0 Å². The van der Waals surface area contributed by atoms with Crippen molar-refractivity contribution in [3.63, 3.8) is 0 Å². The Balaban J connectivity index is 2.13. The minimum Gasteiger partial charge on any atom is -0.355 e. The Morgan fingerprint density at radius 1 is 1.41 bits per heavy atom. The van der Waals surface area contributed by atoms with Gasteiger partial charge in [0.05, 0.1) is 0 Å². The molecule has 1 saturated heterocycles. The molecule has 17 heavy (non-hydrogen) atoms. The zero-order valence-corrected chi connectivity index (χ0v) is 11.0. The molecule has 0 amide bonds. The van der Waals surface area contributed by atoms with Gasteiger partial charge in [-0.3, -0.25) is 0 Å². The van der Waals surface area contributed by atoms with Gasteiger partial charge in [0.25, 0.3) is 0 Å². The summed E-state index contributed by atoms with van der Waals surface area (Å²) in [7, 11) is 2.04. The third-order valence-corrected chi connectivity index (χ3v) is 3.42. The van der Waals surface area contributed by atoms with Crippen LogP contribution in [0.1, 0.15) is 38.3 Å². The molecule has 1 unspecified atom stereocenters. The van der Waals surface area contributed by atoms with Crippen LogP contribution in [0.3, 0.4) is 0 Å². The fourth-order valence-corrected chi connectivity index (χ4v) is 2.27. The molecular formula is C13H22N4. The lowest BCUT2D eigenvalue weighted by atomic mass is 10.1. The molecule has 4 heteroatoms. The topological polar surface area (TPSA) is 41.0 Å². The van der Waals surface area contributed by atoms with E-state index in [1.54, 1.807) is 6.33 Å². The first-order valence-electron chi connectivity index (χ1n) is 6.45. The van der Waals surface area contributed by atoms with E-state index in [0.717, 1.165) is 24.6 Å². The molecule has 1 aliphatic rings. The highest BCUT2D eigenvalue weighted by atomic mass is 15.2. The first-order valence-corrected chi connectivity index (χ1v) is 6.45. The minimum atomic E-state index is 0.460. The molecule has 0 saturated carbocycles. The van der Waals surface area contributed by atoms with Gasteiger partial charge in [0.1, 0.15) is 12.1 Å². The second-order valence-electron chi connectivity index (χ2n) is 5.03. The second-order valence-corrected chi connectivity index (χ2v) is 5.03. The molecule has 0 aromatic carbocycles. The summed E-state index contributed by atoms with van der Waals surface area (Å²) < 4.78 is 0. The number of hydrogen-bond donors (Lipinski definition) is 1. The first-order chi connectivity index (χ1) is 8.20. The summed E-state index contributed by atoms with van der Waals surface area (Å²) in [5, 5.41) is 3.36. The van der Waals surface area contributed by atoms with Gasteiger partial charge < -0.3 is 10.2 Å². The molecule has 1 fully saturated rings. The Morgan fingerprint density at radius 3 is 2.94 bits per heavy atom. The molecule has 0 aliphatic carbocycles. The van der Waals surface area contributed by atoms with Crippen LogP contribution in [0.4, 0.5) is 5.82 Å². The van der Waals surface area contributed by atoms with Gasteiger partial charge in [-0.15, -0.1) is 0 Å². The number of aromatic nitrogens is 2. The van der Waals surface area contributed by atoms with E-state index < -0.39 is 0 Å². The van der Waals surface area contributed by atoms with E-state index in [-0.39, 0.29) is 0 Å². The average Bonchev–Trinajstić information content (AvgIpc) is 2.39. The molecule has 1 aromatic rings. The van der Waals surface area contributed by atoms with Crippen LogP contribution in [0.15, 0.2) is 12.4 Å². The van der Waals surface area contributed by atoms with Crippen LogP contribution in [-0.2, 0) is 0 Å². The highest BCUT2D eigenvalue weighted by Gasteiger charge is 2.19. The van der Waals surface area contributed by atoms with Crippen molar-refractivity contribution in [2.45, 2.75) is 38.6 Å². The summed E-state index contributed by atoms with van der Waals surface area (Å²) in [5.74, 6) is 1.53. The summed E-state index contributed by atoms with van der Waals surface area (Å²) >= 11 is 0. The lowest BCUT2D eigenvalue weighted by Gasteiger charge is -2.33. The van der Waals surface area contributed by atoms with Crippen molar-refractivity contribution in [3.05, 3.63) is 18.1 Å². The van der Waals surface area contributed by atoms with E-state index >= 15 is 0 Å². The molecule has 1 N–H and O–H groups in total.